The number of hydrogen-bond donors (Lipinski definition) is 1. The van der Waals surface area contributed by atoms with Gasteiger partial charge in [-0.2, -0.15) is 0 Å². The van der Waals surface area contributed by atoms with Gasteiger partial charge in [0.25, 0.3) is 0 Å². The minimum atomic E-state index is -0.0984. The van der Waals surface area contributed by atoms with Gasteiger partial charge in [0, 0.05) is 19.8 Å². The van der Waals surface area contributed by atoms with Crippen LogP contribution in [-0.4, -0.2) is 25.0 Å². The number of nitrogens with one attached hydrogen (secondary N) is 1. The molecule has 1 rings (SSSR count). The Morgan fingerprint density at radius 3 is 2.50 bits per heavy atom. The first-order chi connectivity index (χ1) is 6.52. The van der Waals surface area contributed by atoms with Gasteiger partial charge >= 0.3 is 6.03 Å². The van der Waals surface area contributed by atoms with Gasteiger partial charge < -0.3 is 10.2 Å². The van der Waals surface area contributed by atoms with Crippen molar-refractivity contribution in [1.82, 2.24) is 4.90 Å². The van der Waals surface area contributed by atoms with Gasteiger partial charge in [-0.25, -0.2) is 4.79 Å². The van der Waals surface area contributed by atoms with E-state index in [4.69, 9.17) is 0 Å². The first-order valence-corrected chi connectivity index (χ1v) is 4.57. The maximum absolute atomic E-state index is 11.4. The third kappa shape index (κ3) is 2.25. The lowest BCUT2D eigenvalue weighted by atomic mass is 10.1. The summed E-state index contributed by atoms with van der Waals surface area (Å²) in [6.45, 7) is 4.03. The van der Waals surface area contributed by atoms with Crippen molar-refractivity contribution in [2.75, 3.05) is 19.4 Å². The SMILES string of the molecule is Cc1cccc(NC(=O)N(C)C)c1C. The number of rotatable bonds is 1. The minimum absolute atomic E-state index is 0.0984. The Morgan fingerprint density at radius 2 is 1.93 bits per heavy atom. The molecule has 0 aliphatic rings. The molecule has 76 valence electrons. The molecule has 0 unspecified atom stereocenters. The van der Waals surface area contributed by atoms with Crippen LogP contribution in [0.15, 0.2) is 18.2 Å². The predicted molar refractivity (Wildman–Crippen MR) is 58.6 cm³/mol. The lowest BCUT2D eigenvalue weighted by Crippen LogP contribution is -2.27. The van der Waals surface area contributed by atoms with Gasteiger partial charge in [0.2, 0.25) is 0 Å². The maximum Gasteiger partial charge on any atom is 0.321 e. The van der Waals surface area contributed by atoms with E-state index in [0.717, 1.165) is 11.3 Å². The van der Waals surface area contributed by atoms with Crippen molar-refractivity contribution < 1.29 is 4.79 Å². The number of nitrogens with zero attached hydrogens (tertiary/aromatic N) is 1. The number of amides is 2. The highest BCUT2D eigenvalue weighted by atomic mass is 16.2. The van der Waals surface area contributed by atoms with E-state index in [1.165, 1.54) is 10.5 Å². The first kappa shape index (κ1) is 10.6. The van der Waals surface area contributed by atoms with Crippen LogP contribution in [0.4, 0.5) is 10.5 Å². The van der Waals surface area contributed by atoms with Crippen LogP contribution in [0, 0.1) is 13.8 Å². The van der Waals surface area contributed by atoms with E-state index in [0.29, 0.717) is 0 Å². The summed E-state index contributed by atoms with van der Waals surface area (Å²) < 4.78 is 0. The van der Waals surface area contributed by atoms with Crippen LogP contribution in [0.2, 0.25) is 0 Å². The normalized spacial score (nSPS) is 9.71. The van der Waals surface area contributed by atoms with Crippen LogP contribution in [0.3, 0.4) is 0 Å². The summed E-state index contributed by atoms with van der Waals surface area (Å²) in [7, 11) is 3.45. The molecule has 1 aromatic rings. The van der Waals surface area contributed by atoms with Crippen LogP contribution in [0.1, 0.15) is 11.1 Å². The minimum Gasteiger partial charge on any atom is -0.331 e. The van der Waals surface area contributed by atoms with Crippen LogP contribution in [0.25, 0.3) is 0 Å². The van der Waals surface area contributed by atoms with Crippen LogP contribution < -0.4 is 5.32 Å². The summed E-state index contributed by atoms with van der Waals surface area (Å²) in [5.74, 6) is 0. The molecule has 0 aromatic heterocycles. The number of benzene rings is 1. The molecule has 2 amide bonds. The molecule has 1 aromatic carbocycles. The molecule has 0 saturated carbocycles. The summed E-state index contributed by atoms with van der Waals surface area (Å²) in [6.07, 6.45) is 0. The second-order valence-corrected chi connectivity index (χ2v) is 3.57. The third-order valence-electron chi connectivity index (χ3n) is 2.25. The highest BCUT2D eigenvalue weighted by molar-refractivity contribution is 5.89. The fraction of sp³-hybridized carbons (Fsp3) is 0.364. The molecule has 0 heterocycles. The zero-order valence-electron chi connectivity index (χ0n) is 9.09. The van der Waals surface area contributed by atoms with Crippen molar-refractivity contribution in [3.8, 4) is 0 Å². The van der Waals surface area contributed by atoms with Crippen LogP contribution in [0.5, 0.6) is 0 Å². The molecule has 0 bridgehead atoms. The lowest BCUT2D eigenvalue weighted by molar-refractivity contribution is 0.230. The summed E-state index contributed by atoms with van der Waals surface area (Å²) in [5.41, 5.74) is 3.17. The Bertz CT molecular complexity index is 345. The summed E-state index contributed by atoms with van der Waals surface area (Å²) in [6, 6.07) is 5.77. The fourth-order valence-corrected chi connectivity index (χ4v) is 1.11. The molecule has 0 saturated heterocycles. The molecule has 14 heavy (non-hydrogen) atoms. The lowest BCUT2D eigenvalue weighted by Gasteiger charge is -2.14. The molecule has 3 nitrogen and oxygen atoms in total. The summed E-state index contributed by atoms with van der Waals surface area (Å²) in [5, 5.41) is 2.84. The Morgan fingerprint density at radius 1 is 1.29 bits per heavy atom. The van der Waals surface area contributed by atoms with Gasteiger partial charge in [0.15, 0.2) is 0 Å². The van der Waals surface area contributed by atoms with Gasteiger partial charge in [-0.1, -0.05) is 12.1 Å². The van der Waals surface area contributed by atoms with Gasteiger partial charge in [0.1, 0.15) is 0 Å². The molecule has 3 heteroatoms. The van der Waals surface area contributed by atoms with Crippen molar-refractivity contribution in [2.24, 2.45) is 0 Å². The number of aryl methyl sites for hydroxylation is 1. The quantitative estimate of drug-likeness (QED) is 0.728. The second kappa shape index (κ2) is 4.13. The molecule has 0 atom stereocenters. The Labute approximate surface area is 84.7 Å². The van der Waals surface area contributed by atoms with E-state index in [2.05, 4.69) is 5.32 Å². The van der Waals surface area contributed by atoms with Crippen molar-refractivity contribution >= 4 is 11.7 Å². The van der Waals surface area contributed by atoms with Gasteiger partial charge in [0.05, 0.1) is 0 Å². The molecule has 0 spiro atoms. The van der Waals surface area contributed by atoms with E-state index in [1.807, 2.05) is 32.0 Å². The zero-order valence-corrected chi connectivity index (χ0v) is 9.09. The fourth-order valence-electron chi connectivity index (χ4n) is 1.11. The predicted octanol–water partition coefficient (Wildman–Crippen LogP) is 2.40. The molecular weight excluding hydrogens is 176 g/mol. The summed E-state index contributed by atoms with van der Waals surface area (Å²) in [4.78, 5) is 12.9. The number of carbonyl (C=O) groups excluding carboxylic acids is 1. The van der Waals surface area contributed by atoms with E-state index in [-0.39, 0.29) is 6.03 Å². The number of carbonyl (C=O) groups is 1. The third-order valence-corrected chi connectivity index (χ3v) is 2.25. The monoisotopic (exact) mass is 192 g/mol. The molecule has 0 radical (unpaired) electrons. The molecule has 0 aliphatic carbocycles. The van der Waals surface area contributed by atoms with Gasteiger partial charge in [-0.3, -0.25) is 0 Å². The standard InChI is InChI=1S/C11H16N2O/c1-8-6-5-7-10(9(8)2)12-11(14)13(3)4/h5-7H,1-4H3,(H,12,14). The molecular formula is C11H16N2O. The number of urea groups is 1. The number of anilines is 1. The number of hydrogen-bond acceptors (Lipinski definition) is 1. The highest BCUT2D eigenvalue weighted by Gasteiger charge is 2.06. The average Bonchev–Trinajstić information content (AvgIpc) is 2.12. The Balaban J connectivity index is 2.87. The van der Waals surface area contributed by atoms with Crippen molar-refractivity contribution in [3.05, 3.63) is 29.3 Å². The van der Waals surface area contributed by atoms with Crippen molar-refractivity contribution in [1.29, 1.82) is 0 Å². The van der Waals surface area contributed by atoms with E-state index in [9.17, 15) is 4.79 Å². The van der Waals surface area contributed by atoms with Crippen molar-refractivity contribution in [2.45, 2.75) is 13.8 Å². The second-order valence-electron chi connectivity index (χ2n) is 3.57. The van der Waals surface area contributed by atoms with E-state index < -0.39 is 0 Å². The average molecular weight is 192 g/mol. The largest absolute Gasteiger partial charge is 0.331 e. The molecule has 0 aliphatic heterocycles. The summed E-state index contributed by atoms with van der Waals surface area (Å²) >= 11 is 0. The van der Waals surface area contributed by atoms with E-state index >= 15 is 0 Å². The molecule has 0 fully saturated rings. The highest BCUT2D eigenvalue weighted by Crippen LogP contribution is 2.17. The van der Waals surface area contributed by atoms with Gasteiger partial charge in [-0.05, 0) is 31.0 Å². The maximum atomic E-state index is 11.4. The van der Waals surface area contributed by atoms with Crippen molar-refractivity contribution in [3.63, 3.8) is 0 Å². The molecule has 1 N–H and O–H groups in total. The first-order valence-electron chi connectivity index (χ1n) is 4.57. The van der Waals surface area contributed by atoms with E-state index in [1.54, 1.807) is 14.1 Å². The smallest absolute Gasteiger partial charge is 0.321 e. The van der Waals surface area contributed by atoms with Crippen LogP contribution >= 0.6 is 0 Å². The Hall–Kier alpha value is -1.51. The van der Waals surface area contributed by atoms with Crippen LogP contribution in [-0.2, 0) is 0 Å². The zero-order chi connectivity index (χ0) is 10.7. The van der Waals surface area contributed by atoms with Gasteiger partial charge in [-0.15, -0.1) is 0 Å². The Kier molecular flexibility index (Phi) is 3.12. The topological polar surface area (TPSA) is 32.3 Å².